The van der Waals surface area contributed by atoms with Crippen LogP contribution < -0.4 is 11.1 Å². The highest BCUT2D eigenvalue weighted by atomic mass is 32.2. The lowest BCUT2D eigenvalue weighted by molar-refractivity contribution is -0.112. The van der Waals surface area contributed by atoms with Crippen LogP contribution in [0.3, 0.4) is 0 Å². The molecule has 0 spiro atoms. The molecule has 12 heteroatoms. The van der Waals surface area contributed by atoms with E-state index in [0.717, 1.165) is 16.2 Å². The minimum absolute atomic E-state index is 0.0000476. The van der Waals surface area contributed by atoms with Crippen LogP contribution in [0.1, 0.15) is 42.7 Å². The van der Waals surface area contributed by atoms with Crippen molar-refractivity contribution >= 4 is 39.5 Å². The maximum absolute atomic E-state index is 14.5. The summed E-state index contributed by atoms with van der Waals surface area (Å²) in [4.78, 5) is 24.4. The predicted molar refractivity (Wildman–Crippen MR) is 139 cm³/mol. The lowest BCUT2D eigenvalue weighted by atomic mass is 9.87. The fourth-order valence-electron chi connectivity index (χ4n) is 5.66. The van der Waals surface area contributed by atoms with Gasteiger partial charge in [0.15, 0.2) is 5.96 Å². The minimum Gasteiger partial charge on any atom is -0.392 e. The highest BCUT2D eigenvalue weighted by molar-refractivity contribution is 7.89. The van der Waals surface area contributed by atoms with Crippen molar-refractivity contribution in [1.29, 1.82) is 5.41 Å². The fraction of sp³-hybridized carbons (Fsp3) is 0.480. The Morgan fingerprint density at radius 1 is 1.22 bits per heavy atom. The molecule has 2 aromatic carbocycles. The summed E-state index contributed by atoms with van der Waals surface area (Å²) in [5.41, 5.74) is 6.60. The molecule has 2 aliphatic rings. The van der Waals surface area contributed by atoms with Crippen molar-refractivity contribution in [2.24, 2.45) is 5.73 Å². The van der Waals surface area contributed by atoms with Gasteiger partial charge in [-0.3, -0.25) is 10.2 Å². The van der Waals surface area contributed by atoms with E-state index in [1.165, 1.54) is 0 Å². The monoisotopic (exact) mass is 530 g/mol. The Morgan fingerprint density at radius 3 is 2.68 bits per heavy atom. The molecule has 37 heavy (non-hydrogen) atoms. The standard InChI is InChI=1S/C25H34N6O5S/c26-25(27)29-9-3-6-19(15-29)22-13-18-5-1-2-8-21(18)23(16-33)24(22)37(35,36)31(11-12-32)30-10-4-7-20(30)14-28-17-34/h1-2,5,8,12-13,17,19-20,33H,3-4,6-7,9-11,14-16H2,(H3,26,27)(H,28,34). The highest BCUT2D eigenvalue weighted by Gasteiger charge is 2.40. The van der Waals surface area contributed by atoms with Crippen LogP contribution in [-0.2, 0) is 26.2 Å². The first-order valence-electron chi connectivity index (χ1n) is 12.5. The maximum Gasteiger partial charge on any atom is 0.257 e. The third-order valence-electron chi connectivity index (χ3n) is 7.33. The fourth-order valence-corrected chi connectivity index (χ4v) is 7.63. The quantitative estimate of drug-likeness (QED) is 0.199. The number of amides is 1. The van der Waals surface area contributed by atoms with Crippen LogP contribution in [0.4, 0.5) is 0 Å². The lowest BCUT2D eigenvalue weighted by Gasteiger charge is -2.37. The molecule has 0 saturated carbocycles. The molecule has 2 aliphatic heterocycles. The number of carbonyl (C=O) groups excluding carboxylic acids is 2. The van der Waals surface area contributed by atoms with Gasteiger partial charge >= 0.3 is 0 Å². The first kappa shape index (κ1) is 27.0. The van der Waals surface area contributed by atoms with E-state index in [0.29, 0.717) is 62.5 Å². The smallest absolute Gasteiger partial charge is 0.257 e. The average Bonchev–Trinajstić information content (AvgIpc) is 3.37. The lowest BCUT2D eigenvalue weighted by Crippen LogP contribution is -2.52. The number of piperidine rings is 1. The van der Waals surface area contributed by atoms with Crippen LogP contribution in [0.2, 0.25) is 0 Å². The number of rotatable bonds is 10. The molecule has 11 nitrogen and oxygen atoms in total. The summed E-state index contributed by atoms with van der Waals surface area (Å²) in [5, 5.41) is 24.1. The number of carbonyl (C=O) groups is 2. The number of likely N-dealkylation sites (tertiary alicyclic amines) is 1. The van der Waals surface area contributed by atoms with Crippen molar-refractivity contribution in [3.63, 3.8) is 0 Å². The number of guanidine groups is 1. The molecule has 2 fully saturated rings. The normalized spacial score (nSPS) is 20.9. The number of nitrogens with one attached hydrogen (secondary N) is 2. The Kier molecular flexibility index (Phi) is 8.42. The minimum atomic E-state index is -4.31. The summed E-state index contributed by atoms with van der Waals surface area (Å²) in [5.74, 6) is -0.316. The molecule has 0 aromatic heterocycles. The number of fused-ring (bicyclic) bond motifs is 1. The average molecular weight is 531 g/mol. The van der Waals surface area contributed by atoms with Crippen molar-refractivity contribution in [3.8, 4) is 0 Å². The first-order chi connectivity index (χ1) is 17.8. The summed E-state index contributed by atoms with van der Waals surface area (Å²) in [6, 6.07) is 8.88. The molecule has 0 radical (unpaired) electrons. The number of aldehydes is 1. The molecule has 2 saturated heterocycles. The number of aliphatic hydroxyl groups is 1. The second-order valence-electron chi connectivity index (χ2n) is 9.48. The van der Waals surface area contributed by atoms with Crippen molar-refractivity contribution in [3.05, 3.63) is 41.5 Å². The van der Waals surface area contributed by atoms with Crippen LogP contribution >= 0.6 is 0 Å². The molecule has 2 unspecified atom stereocenters. The molecule has 2 atom stereocenters. The van der Waals surface area contributed by atoms with E-state index in [1.807, 2.05) is 18.2 Å². The zero-order valence-corrected chi connectivity index (χ0v) is 21.5. The van der Waals surface area contributed by atoms with E-state index in [-0.39, 0.29) is 41.5 Å². The van der Waals surface area contributed by atoms with Crippen molar-refractivity contribution < 1.29 is 23.1 Å². The summed E-state index contributed by atoms with van der Waals surface area (Å²) in [6.45, 7) is 0.771. The summed E-state index contributed by atoms with van der Waals surface area (Å²) >= 11 is 0. The van der Waals surface area contributed by atoms with Crippen LogP contribution in [0.25, 0.3) is 10.8 Å². The van der Waals surface area contributed by atoms with E-state index in [2.05, 4.69) is 5.32 Å². The van der Waals surface area contributed by atoms with Gasteiger partial charge in [-0.05, 0) is 48.1 Å². The molecule has 1 amide bonds. The van der Waals surface area contributed by atoms with Crippen LogP contribution in [0.15, 0.2) is 35.2 Å². The Labute approximate surface area is 216 Å². The van der Waals surface area contributed by atoms with Gasteiger partial charge < -0.3 is 25.9 Å². The third-order valence-corrected chi connectivity index (χ3v) is 9.24. The molecule has 5 N–H and O–H groups in total. The van der Waals surface area contributed by atoms with Gasteiger partial charge in [-0.2, -0.15) is 0 Å². The number of hydrogen-bond acceptors (Lipinski definition) is 7. The van der Waals surface area contributed by atoms with E-state index in [1.54, 1.807) is 22.0 Å². The number of nitrogens with zero attached hydrogens (tertiary/aromatic N) is 3. The van der Waals surface area contributed by atoms with E-state index < -0.39 is 16.6 Å². The first-order valence-corrected chi connectivity index (χ1v) is 13.9. The molecule has 4 rings (SSSR count). The number of aliphatic hydroxyl groups excluding tert-OH is 1. The molecule has 0 aliphatic carbocycles. The van der Waals surface area contributed by atoms with Gasteiger partial charge in [-0.25, -0.2) is 13.4 Å². The number of benzene rings is 2. The largest absolute Gasteiger partial charge is 0.392 e. The topological polar surface area (TPSA) is 160 Å². The number of sulfonamides is 1. The summed E-state index contributed by atoms with van der Waals surface area (Å²) < 4.78 is 30.0. The van der Waals surface area contributed by atoms with Crippen LogP contribution in [0, 0.1) is 5.41 Å². The Balaban J connectivity index is 1.90. The second-order valence-corrected chi connectivity index (χ2v) is 11.3. The summed E-state index contributed by atoms with van der Waals surface area (Å²) in [7, 11) is -4.31. The van der Waals surface area contributed by atoms with Crippen molar-refractivity contribution in [2.75, 3.05) is 32.7 Å². The molecule has 2 heterocycles. The number of hydrogen-bond donors (Lipinski definition) is 4. The number of hydrazine groups is 1. The molecule has 0 bridgehead atoms. The summed E-state index contributed by atoms with van der Waals surface area (Å²) in [6.07, 6.45) is 3.93. The zero-order chi connectivity index (χ0) is 26.6. The Morgan fingerprint density at radius 2 is 1.97 bits per heavy atom. The van der Waals surface area contributed by atoms with Gasteiger partial charge in [-0.1, -0.05) is 24.3 Å². The molecule has 2 aromatic rings. The highest BCUT2D eigenvalue weighted by Crippen LogP contribution is 2.39. The predicted octanol–water partition coefficient (Wildman–Crippen LogP) is 0.720. The van der Waals surface area contributed by atoms with Gasteiger partial charge in [0.1, 0.15) is 6.29 Å². The Bertz CT molecular complexity index is 1270. The Hall–Kier alpha value is -3.06. The van der Waals surface area contributed by atoms with E-state index in [4.69, 9.17) is 11.1 Å². The number of nitrogens with two attached hydrogens (primary N) is 1. The van der Waals surface area contributed by atoms with Crippen LogP contribution in [-0.4, -0.2) is 85.3 Å². The van der Waals surface area contributed by atoms with Gasteiger partial charge in [0.2, 0.25) is 6.41 Å². The van der Waals surface area contributed by atoms with Crippen LogP contribution in [0.5, 0.6) is 0 Å². The zero-order valence-electron chi connectivity index (χ0n) is 20.7. The third kappa shape index (κ3) is 5.33. The van der Waals surface area contributed by atoms with Gasteiger partial charge in [-0.15, -0.1) is 4.41 Å². The van der Waals surface area contributed by atoms with E-state index in [9.17, 15) is 23.1 Å². The van der Waals surface area contributed by atoms with Gasteiger partial charge in [0, 0.05) is 43.7 Å². The SMILES string of the molecule is N=C(N)N1CCCC(c2cc3ccccc3c(CO)c2S(=O)(=O)N(CC=O)N2CCCC2CNC=O)C1. The van der Waals surface area contributed by atoms with E-state index >= 15 is 0 Å². The molecular formula is C25H34N6O5S. The molecule has 200 valence electrons. The second kappa shape index (κ2) is 11.5. The van der Waals surface area contributed by atoms with Gasteiger partial charge in [0.25, 0.3) is 10.0 Å². The van der Waals surface area contributed by atoms with Crippen molar-refractivity contribution in [2.45, 2.75) is 49.1 Å². The van der Waals surface area contributed by atoms with Crippen molar-refractivity contribution in [1.82, 2.24) is 19.6 Å². The maximum atomic E-state index is 14.5. The van der Waals surface area contributed by atoms with Gasteiger partial charge in [0.05, 0.1) is 18.0 Å². The molecular weight excluding hydrogens is 496 g/mol.